The topological polar surface area (TPSA) is 84.9 Å². The molecule has 0 radical (unpaired) electrons. The Morgan fingerprint density at radius 3 is 2.73 bits per heavy atom. The van der Waals surface area contributed by atoms with E-state index in [0.717, 1.165) is 24.9 Å². The predicted octanol–water partition coefficient (Wildman–Crippen LogP) is 1.17. The molecule has 1 fully saturated rings. The van der Waals surface area contributed by atoms with Gasteiger partial charge in [0.25, 0.3) is 0 Å². The third-order valence-electron chi connectivity index (χ3n) is 4.96. The third kappa shape index (κ3) is 3.87. The van der Waals surface area contributed by atoms with Crippen LogP contribution in [0.3, 0.4) is 0 Å². The first-order valence-electron chi connectivity index (χ1n) is 9.06. The highest BCUT2D eigenvalue weighted by atomic mass is 32.2. The van der Waals surface area contributed by atoms with Crippen LogP contribution in [-0.2, 0) is 26.0 Å². The molecule has 1 aromatic carbocycles. The summed E-state index contributed by atoms with van der Waals surface area (Å²) in [5, 5.41) is 3.15. The summed E-state index contributed by atoms with van der Waals surface area (Å²) in [5.74, 6) is 0.652. The van der Waals surface area contributed by atoms with Gasteiger partial charge in [0.05, 0.1) is 11.5 Å². The molecule has 26 heavy (non-hydrogen) atoms. The molecule has 3 rings (SSSR count). The second-order valence-electron chi connectivity index (χ2n) is 6.74. The molecule has 1 unspecified atom stereocenters. The van der Waals surface area contributed by atoms with Crippen LogP contribution in [0.15, 0.2) is 23.1 Å². The molecule has 144 valence electrons. The summed E-state index contributed by atoms with van der Waals surface area (Å²) >= 11 is 0. The van der Waals surface area contributed by atoms with Gasteiger partial charge in [-0.15, -0.1) is 0 Å². The van der Waals surface area contributed by atoms with E-state index in [-0.39, 0.29) is 11.5 Å². The monoisotopic (exact) mass is 382 g/mol. The van der Waals surface area contributed by atoms with Crippen LogP contribution in [0.2, 0.25) is 0 Å². The molecule has 2 heterocycles. The van der Waals surface area contributed by atoms with Crippen LogP contribution in [0.1, 0.15) is 25.3 Å². The number of rotatable bonds is 6. The minimum atomic E-state index is -3.53. The fourth-order valence-electron chi connectivity index (χ4n) is 3.54. The average Bonchev–Trinajstić information content (AvgIpc) is 3.06. The molecule has 1 aromatic rings. The number of hydrogen-bond acceptors (Lipinski definition) is 6. The van der Waals surface area contributed by atoms with Gasteiger partial charge in [-0.3, -0.25) is 0 Å². The largest absolute Gasteiger partial charge is 0.478 e. The van der Waals surface area contributed by atoms with Crippen LogP contribution in [0, 0.1) is 5.92 Å². The zero-order chi connectivity index (χ0) is 18.7. The average molecular weight is 382 g/mol. The normalized spacial score (nSPS) is 21.2. The third-order valence-corrected chi connectivity index (χ3v) is 6.85. The molecule has 1 saturated heterocycles. The van der Waals surface area contributed by atoms with E-state index >= 15 is 0 Å². The van der Waals surface area contributed by atoms with Crippen molar-refractivity contribution in [1.82, 2.24) is 9.62 Å². The quantitative estimate of drug-likeness (QED) is 0.744. The first-order chi connectivity index (χ1) is 12.5. The summed E-state index contributed by atoms with van der Waals surface area (Å²) in [6, 6.07) is 4.82. The molecular formula is C18H26N2O5S. The van der Waals surface area contributed by atoms with E-state index in [0.29, 0.717) is 31.2 Å². The predicted molar refractivity (Wildman–Crippen MR) is 96.6 cm³/mol. The fourth-order valence-corrected chi connectivity index (χ4v) is 5.06. The molecule has 1 N–H and O–H groups in total. The van der Waals surface area contributed by atoms with Crippen molar-refractivity contribution in [2.75, 3.05) is 33.3 Å². The second kappa shape index (κ2) is 7.94. The van der Waals surface area contributed by atoms with Gasteiger partial charge in [0.2, 0.25) is 10.0 Å². The molecule has 0 amide bonds. The maximum absolute atomic E-state index is 12.9. The number of sulfonamides is 1. The number of benzene rings is 1. The van der Waals surface area contributed by atoms with Gasteiger partial charge in [-0.25, -0.2) is 13.2 Å². The standard InChI is InChI=1S/C18H26N2O5S/c1-3-24-18(21)17-11-14-10-15(4-5-16(14)25-17)26(22,23)20-8-6-13(7-9-20)12-19-2/h4-5,10,13,17,19H,3,6-9,11-12H2,1-2H3. The molecule has 8 heteroatoms. The van der Waals surface area contributed by atoms with Gasteiger partial charge >= 0.3 is 5.97 Å². The Labute approximate surface area is 154 Å². The number of fused-ring (bicyclic) bond motifs is 1. The Hall–Kier alpha value is -1.64. The highest BCUT2D eigenvalue weighted by molar-refractivity contribution is 7.89. The lowest BCUT2D eigenvalue weighted by atomic mass is 9.98. The van der Waals surface area contributed by atoms with Gasteiger partial charge in [-0.05, 0) is 63.0 Å². The van der Waals surface area contributed by atoms with Crippen molar-refractivity contribution in [2.45, 2.75) is 37.2 Å². The number of hydrogen-bond donors (Lipinski definition) is 1. The first-order valence-corrected chi connectivity index (χ1v) is 10.5. The molecular weight excluding hydrogens is 356 g/mol. The van der Waals surface area contributed by atoms with Crippen molar-refractivity contribution < 1.29 is 22.7 Å². The fraction of sp³-hybridized carbons (Fsp3) is 0.611. The zero-order valence-electron chi connectivity index (χ0n) is 15.2. The van der Waals surface area contributed by atoms with E-state index in [1.807, 2.05) is 7.05 Å². The van der Waals surface area contributed by atoms with Gasteiger partial charge in [-0.2, -0.15) is 4.31 Å². The Morgan fingerprint density at radius 2 is 2.08 bits per heavy atom. The van der Waals surface area contributed by atoms with Crippen molar-refractivity contribution in [3.8, 4) is 5.75 Å². The van der Waals surface area contributed by atoms with Crippen molar-refractivity contribution in [3.63, 3.8) is 0 Å². The van der Waals surface area contributed by atoms with Crippen LogP contribution in [0.4, 0.5) is 0 Å². The zero-order valence-corrected chi connectivity index (χ0v) is 16.0. The van der Waals surface area contributed by atoms with Crippen LogP contribution in [0.25, 0.3) is 0 Å². The summed E-state index contributed by atoms with van der Waals surface area (Å²) in [6.45, 7) is 4.02. The van der Waals surface area contributed by atoms with E-state index in [2.05, 4.69) is 5.32 Å². The Balaban J connectivity index is 1.71. The van der Waals surface area contributed by atoms with Gasteiger partial charge in [0, 0.05) is 19.5 Å². The van der Waals surface area contributed by atoms with E-state index in [4.69, 9.17) is 9.47 Å². The Morgan fingerprint density at radius 1 is 1.35 bits per heavy atom. The molecule has 1 atom stereocenters. The summed E-state index contributed by atoms with van der Waals surface area (Å²) in [6.07, 6.45) is 1.36. The molecule has 0 bridgehead atoms. The molecule has 0 aromatic heterocycles. The van der Waals surface area contributed by atoms with Crippen LogP contribution in [0.5, 0.6) is 5.75 Å². The van der Waals surface area contributed by atoms with Crippen molar-refractivity contribution >= 4 is 16.0 Å². The number of carbonyl (C=O) groups excluding carboxylic acids is 1. The lowest BCUT2D eigenvalue weighted by molar-refractivity contribution is -0.150. The van der Waals surface area contributed by atoms with Gasteiger partial charge < -0.3 is 14.8 Å². The molecule has 2 aliphatic heterocycles. The minimum Gasteiger partial charge on any atom is -0.478 e. The van der Waals surface area contributed by atoms with Gasteiger partial charge in [0.1, 0.15) is 5.75 Å². The SMILES string of the molecule is CCOC(=O)C1Cc2cc(S(=O)(=O)N3CCC(CNC)CC3)ccc2O1. The molecule has 7 nitrogen and oxygen atoms in total. The number of nitrogens with one attached hydrogen (secondary N) is 1. The van der Waals surface area contributed by atoms with Crippen molar-refractivity contribution in [3.05, 3.63) is 23.8 Å². The number of piperidine rings is 1. The highest BCUT2D eigenvalue weighted by Gasteiger charge is 2.33. The molecule has 0 aliphatic carbocycles. The molecule has 0 saturated carbocycles. The number of esters is 1. The number of nitrogens with zero attached hydrogens (tertiary/aromatic N) is 1. The summed E-state index contributed by atoms with van der Waals surface area (Å²) in [5.41, 5.74) is 0.731. The van der Waals surface area contributed by atoms with Crippen LogP contribution >= 0.6 is 0 Å². The van der Waals surface area contributed by atoms with Crippen molar-refractivity contribution in [2.24, 2.45) is 5.92 Å². The maximum atomic E-state index is 12.9. The Kier molecular flexibility index (Phi) is 5.84. The maximum Gasteiger partial charge on any atom is 0.347 e. The van der Waals surface area contributed by atoms with Gasteiger partial charge in [0.15, 0.2) is 6.10 Å². The lowest BCUT2D eigenvalue weighted by Gasteiger charge is -2.31. The summed E-state index contributed by atoms with van der Waals surface area (Å²) < 4.78 is 38.0. The smallest absolute Gasteiger partial charge is 0.347 e. The number of ether oxygens (including phenoxy) is 2. The molecule has 2 aliphatic rings. The second-order valence-corrected chi connectivity index (χ2v) is 8.68. The van der Waals surface area contributed by atoms with E-state index in [1.54, 1.807) is 29.4 Å². The van der Waals surface area contributed by atoms with E-state index in [1.165, 1.54) is 0 Å². The first kappa shape index (κ1) is 19.1. The van der Waals surface area contributed by atoms with E-state index in [9.17, 15) is 13.2 Å². The highest BCUT2D eigenvalue weighted by Crippen LogP contribution is 2.33. The minimum absolute atomic E-state index is 0.261. The van der Waals surface area contributed by atoms with Crippen molar-refractivity contribution in [1.29, 1.82) is 0 Å². The lowest BCUT2D eigenvalue weighted by Crippen LogP contribution is -2.40. The Bertz CT molecular complexity index is 757. The summed E-state index contributed by atoms with van der Waals surface area (Å²) in [4.78, 5) is 12.1. The summed E-state index contributed by atoms with van der Waals surface area (Å²) in [7, 11) is -1.61. The van der Waals surface area contributed by atoms with Crippen LogP contribution in [-0.4, -0.2) is 58.1 Å². The molecule has 0 spiro atoms. The number of carbonyl (C=O) groups is 1. The van der Waals surface area contributed by atoms with Crippen LogP contribution < -0.4 is 10.1 Å². The van der Waals surface area contributed by atoms with Gasteiger partial charge in [-0.1, -0.05) is 0 Å². The van der Waals surface area contributed by atoms with E-state index < -0.39 is 22.1 Å².